The fourth-order valence-electron chi connectivity index (χ4n) is 2.69. The third-order valence-corrected chi connectivity index (χ3v) is 6.39. The van der Waals surface area contributed by atoms with Gasteiger partial charge in [-0.3, -0.25) is 0 Å². The number of hydrogen-bond donors (Lipinski definition) is 1. The van der Waals surface area contributed by atoms with Crippen molar-refractivity contribution in [3.63, 3.8) is 0 Å². The monoisotopic (exact) mass is 320 g/mol. The summed E-state index contributed by atoms with van der Waals surface area (Å²) < 4.78 is 0. The lowest BCUT2D eigenvalue weighted by molar-refractivity contribution is 0.0698. The van der Waals surface area contributed by atoms with Crippen LogP contribution in [0.5, 0.6) is 0 Å². The SMILES string of the molecule is Cc1cccc(C(=O)O)c1P(c1ccccc1)c1ccccc1. The normalized spacial score (nSPS) is 10.7. The van der Waals surface area contributed by atoms with Gasteiger partial charge in [0.05, 0.1) is 5.56 Å². The van der Waals surface area contributed by atoms with Crippen molar-refractivity contribution in [2.24, 2.45) is 0 Å². The zero-order valence-electron chi connectivity index (χ0n) is 12.8. The molecule has 3 aromatic rings. The van der Waals surface area contributed by atoms with Crippen LogP contribution in [-0.2, 0) is 0 Å². The first-order valence-corrected chi connectivity index (χ1v) is 8.76. The third-order valence-electron chi connectivity index (χ3n) is 3.72. The molecule has 0 amide bonds. The van der Waals surface area contributed by atoms with Gasteiger partial charge in [0.1, 0.15) is 0 Å². The van der Waals surface area contributed by atoms with Gasteiger partial charge >= 0.3 is 5.97 Å². The molecule has 0 fully saturated rings. The highest BCUT2D eigenvalue weighted by molar-refractivity contribution is 7.80. The summed E-state index contributed by atoms with van der Waals surface area (Å²) in [6.45, 7) is 1.99. The fourth-order valence-corrected chi connectivity index (χ4v) is 5.28. The second kappa shape index (κ2) is 6.76. The van der Waals surface area contributed by atoms with Gasteiger partial charge in [0, 0.05) is 5.30 Å². The number of hydrogen-bond acceptors (Lipinski definition) is 1. The molecular weight excluding hydrogens is 303 g/mol. The molecule has 3 aromatic carbocycles. The van der Waals surface area contributed by atoms with Crippen LogP contribution in [0.25, 0.3) is 0 Å². The Balaban J connectivity index is 2.28. The molecule has 3 rings (SSSR count). The van der Waals surface area contributed by atoms with Gasteiger partial charge in [-0.05, 0) is 37.1 Å². The molecule has 0 aliphatic heterocycles. The molecule has 0 atom stereocenters. The molecule has 0 heterocycles. The van der Waals surface area contributed by atoms with Crippen molar-refractivity contribution < 1.29 is 9.90 Å². The van der Waals surface area contributed by atoms with E-state index in [1.165, 1.54) is 0 Å². The zero-order chi connectivity index (χ0) is 16.2. The van der Waals surface area contributed by atoms with Gasteiger partial charge in [0.2, 0.25) is 0 Å². The first-order chi connectivity index (χ1) is 11.2. The molecule has 0 bridgehead atoms. The van der Waals surface area contributed by atoms with Crippen molar-refractivity contribution >= 4 is 29.8 Å². The summed E-state index contributed by atoms with van der Waals surface area (Å²) in [7, 11) is -0.901. The Morgan fingerprint density at radius 1 is 0.783 bits per heavy atom. The van der Waals surface area contributed by atoms with Crippen molar-refractivity contribution in [2.45, 2.75) is 6.92 Å². The zero-order valence-corrected chi connectivity index (χ0v) is 13.7. The number of carboxylic acid groups (broad SMARTS) is 1. The summed E-state index contributed by atoms with van der Waals surface area (Å²) in [5.74, 6) is -0.872. The first kappa shape index (κ1) is 15.5. The van der Waals surface area contributed by atoms with E-state index in [9.17, 15) is 9.90 Å². The average molecular weight is 320 g/mol. The molecule has 0 aromatic heterocycles. The largest absolute Gasteiger partial charge is 0.478 e. The minimum absolute atomic E-state index is 0.392. The topological polar surface area (TPSA) is 37.3 Å². The van der Waals surface area contributed by atoms with Gasteiger partial charge in [0.15, 0.2) is 0 Å². The van der Waals surface area contributed by atoms with Crippen molar-refractivity contribution in [3.8, 4) is 0 Å². The average Bonchev–Trinajstić information content (AvgIpc) is 2.58. The van der Waals surface area contributed by atoms with Gasteiger partial charge < -0.3 is 5.11 Å². The van der Waals surface area contributed by atoms with Gasteiger partial charge in [-0.25, -0.2) is 4.79 Å². The molecule has 0 saturated heterocycles. The van der Waals surface area contributed by atoms with E-state index in [0.717, 1.165) is 21.5 Å². The van der Waals surface area contributed by atoms with Crippen LogP contribution < -0.4 is 15.9 Å². The highest BCUT2D eigenvalue weighted by Gasteiger charge is 2.23. The summed E-state index contributed by atoms with van der Waals surface area (Å²) in [5.41, 5.74) is 1.41. The molecule has 0 unspecified atom stereocenters. The van der Waals surface area contributed by atoms with Crippen molar-refractivity contribution in [1.82, 2.24) is 0 Å². The van der Waals surface area contributed by atoms with Crippen LogP contribution >= 0.6 is 7.92 Å². The maximum Gasteiger partial charge on any atom is 0.336 e. The summed E-state index contributed by atoms with van der Waals surface area (Å²) in [6.07, 6.45) is 0. The number of carboxylic acids is 1. The summed E-state index contributed by atoms with van der Waals surface area (Å²) in [6, 6.07) is 25.8. The molecule has 0 spiro atoms. The van der Waals surface area contributed by atoms with Crippen molar-refractivity contribution in [2.75, 3.05) is 0 Å². The highest BCUT2D eigenvalue weighted by atomic mass is 31.1. The number of aryl methyl sites for hydroxylation is 1. The van der Waals surface area contributed by atoms with E-state index >= 15 is 0 Å². The number of rotatable bonds is 4. The van der Waals surface area contributed by atoms with Gasteiger partial charge in [-0.15, -0.1) is 0 Å². The summed E-state index contributed by atoms with van der Waals surface area (Å²) in [4.78, 5) is 11.8. The number of aromatic carboxylic acids is 1. The maximum atomic E-state index is 11.8. The molecule has 0 radical (unpaired) electrons. The van der Waals surface area contributed by atoms with E-state index in [1.54, 1.807) is 6.07 Å². The number of benzene rings is 3. The standard InChI is InChI=1S/C20H17O2P/c1-15-9-8-14-18(20(21)22)19(15)23(16-10-4-2-5-11-16)17-12-6-3-7-13-17/h2-14H,1H3,(H,21,22). The van der Waals surface area contributed by atoms with Crippen LogP contribution in [0.1, 0.15) is 15.9 Å². The molecule has 1 N–H and O–H groups in total. The second-order valence-corrected chi connectivity index (χ2v) is 7.43. The molecule has 23 heavy (non-hydrogen) atoms. The van der Waals surface area contributed by atoms with E-state index in [4.69, 9.17) is 0 Å². The quantitative estimate of drug-likeness (QED) is 0.748. The predicted molar refractivity (Wildman–Crippen MR) is 96.8 cm³/mol. The summed E-state index contributed by atoms with van der Waals surface area (Å²) >= 11 is 0. The van der Waals surface area contributed by atoms with E-state index in [2.05, 4.69) is 24.3 Å². The van der Waals surface area contributed by atoms with Crippen LogP contribution in [0.4, 0.5) is 0 Å². The van der Waals surface area contributed by atoms with Crippen molar-refractivity contribution in [1.29, 1.82) is 0 Å². The van der Waals surface area contributed by atoms with Crippen LogP contribution in [0.3, 0.4) is 0 Å². The van der Waals surface area contributed by atoms with Crippen LogP contribution in [0.2, 0.25) is 0 Å². The Morgan fingerprint density at radius 3 is 1.78 bits per heavy atom. The smallest absolute Gasteiger partial charge is 0.336 e. The second-order valence-electron chi connectivity index (χ2n) is 5.28. The Morgan fingerprint density at radius 2 is 1.30 bits per heavy atom. The van der Waals surface area contributed by atoms with Gasteiger partial charge in [0.25, 0.3) is 0 Å². The molecule has 0 aliphatic carbocycles. The minimum atomic E-state index is -0.901. The minimum Gasteiger partial charge on any atom is -0.478 e. The van der Waals surface area contributed by atoms with Crippen LogP contribution in [0.15, 0.2) is 78.9 Å². The van der Waals surface area contributed by atoms with E-state index < -0.39 is 13.9 Å². The van der Waals surface area contributed by atoms with Crippen LogP contribution in [0, 0.1) is 6.92 Å². The molecule has 3 heteroatoms. The first-order valence-electron chi connectivity index (χ1n) is 7.41. The Hall–Kier alpha value is -2.44. The van der Waals surface area contributed by atoms with Crippen molar-refractivity contribution in [3.05, 3.63) is 90.0 Å². The lowest BCUT2D eigenvalue weighted by Gasteiger charge is -2.23. The van der Waals surface area contributed by atoms with E-state index in [0.29, 0.717) is 5.56 Å². The Kier molecular flexibility index (Phi) is 4.55. The highest BCUT2D eigenvalue weighted by Crippen LogP contribution is 2.35. The van der Waals surface area contributed by atoms with Crippen LogP contribution in [-0.4, -0.2) is 11.1 Å². The fraction of sp³-hybridized carbons (Fsp3) is 0.0500. The lowest BCUT2D eigenvalue weighted by Crippen LogP contribution is -2.27. The molecule has 0 saturated carbocycles. The van der Waals surface area contributed by atoms with Gasteiger partial charge in [-0.2, -0.15) is 0 Å². The molecule has 114 valence electrons. The maximum absolute atomic E-state index is 11.8. The molecular formula is C20H17O2P. The third kappa shape index (κ3) is 3.18. The predicted octanol–water partition coefficient (Wildman–Crippen LogP) is 3.45. The van der Waals surface area contributed by atoms with E-state index in [1.807, 2.05) is 55.5 Å². The Bertz CT molecular complexity index is 774. The van der Waals surface area contributed by atoms with E-state index in [-0.39, 0.29) is 0 Å². The lowest BCUT2D eigenvalue weighted by atomic mass is 10.1. The Labute approximate surface area is 137 Å². The number of carbonyl (C=O) groups is 1. The van der Waals surface area contributed by atoms with Gasteiger partial charge in [-0.1, -0.05) is 72.8 Å². The summed E-state index contributed by atoms with van der Waals surface area (Å²) in [5, 5.41) is 12.9. The molecule has 0 aliphatic rings. The molecule has 2 nitrogen and oxygen atoms in total.